The van der Waals surface area contributed by atoms with E-state index in [1.807, 2.05) is 111 Å². The second-order valence-corrected chi connectivity index (χ2v) is 32.5. The number of ether oxygens (including phenoxy) is 6. The average Bonchev–Trinajstić information content (AvgIpc) is 1.77. The zero-order chi connectivity index (χ0) is 89.2. The van der Waals surface area contributed by atoms with Crippen molar-refractivity contribution in [3.8, 4) is 63.1 Å². The molecular formula is C95H87Cl7F2N9O13Y-. The molecule has 0 saturated heterocycles. The van der Waals surface area contributed by atoms with Gasteiger partial charge in [-0.25, -0.2) is 9.78 Å². The smallest absolute Gasteiger partial charge is 0.387 e. The Labute approximate surface area is 792 Å². The number of fused-ring (bicyclic) bond motifs is 3. The second-order valence-electron chi connectivity index (χ2n) is 29.6. The largest absolute Gasteiger partial charge is 0.497 e. The molecule has 6 aromatic carbocycles. The van der Waals surface area contributed by atoms with Crippen molar-refractivity contribution in [1.82, 2.24) is 39.7 Å². The van der Waals surface area contributed by atoms with Gasteiger partial charge in [-0.1, -0.05) is 137 Å². The van der Waals surface area contributed by atoms with Crippen LogP contribution < -0.4 is 34.1 Å². The number of aliphatic carboxylic acids is 1. The number of hydrogen-bond acceptors (Lipinski definition) is 20. The second kappa shape index (κ2) is 46.1. The van der Waals surface area contributed by atoms with Gasteiger partial charge in [0.1, 0.15) is 17.1 Å². The van der Waals surface area contributed by atoms with Gasteiger partial charge in [-0.2, -0.15) is 24.1 Å². The Hall–Kier alpha value is -10.3. The summed E-state index contributed by atoms with van der Waals surface area (Å²) in [6, 6.07) is 44.3. The fraction of sp³-hybridized carbons (Fsp3) is 0.284. The number of hydrogen-bond donors (Lipinski definition) is 1. The van der Waals surface area contributed by atoms with Crippen molar-refractivity contribution in [2.24, 2.45) is 11.8 Å². The van der Waals surface area contributed by atoms with Gasteiger partial charge >= 0.3 is 18.3 Å². The molecule has 22 nitrogen and oxygen atoms in total. The first kappa shape index (κ1) is 98.9. The van der Waals surface area contributed by atoms with Gasteiger partial charge in [0.25, 0.3) is 0 Å². The van der Waals surface area contributed by atoms with E-state index in [2.05, 4.69) is 45.9 Å². The van der Waals surface area contributed by atoms with Gasteiger partial charge in [-0.15, -0.1) is 5.10 Å². The molecule has 16 rings (SSSR count). The fourth-order valence-corrected chi connectivity index (χ4v) is 16.2. The number of rotatable bonds is 25. The first-order valence-corrected chi connectivity index (χ1v) is 42.7. The van der Waals surface area contributed by atoms with Gasteiger partial charge < -0.3 is 45.4 Å². The van der Waals surface area contributed by atoms with Crippen molar-refractivity contribution in [3.05, 3.63) is 280 Å². The molecule has 3 fully saturated rings. The number of nitriles is 1. The number of carboxylic acid groups (broad SMARTS) is 1. The molecule has 3 aliphatic carbocycles. The van der Waals surface area contributed by atoms with Crippen LogP contribution >= 0.6 is 81.2 Å². The number of pyridine rings is 4. The Morgan fingerprint density at radius 1 is 0.606 bits per heavy atom. The molecule has 13 aromatic rings. The Balaban J connectivity index is 0.000000165. The molecule has 127 heavy (non-hydrogen) atoms. The van der Waals surface area contributed by atoms with E-state index in [1.165, 1.54) is 69.9 Å². The van der Waals surface area contributed by atoms with Gasteiger partial charge in [-0.05, 0) is 186 Å². The van der Waals surface area contributed by atoms with Crippen molar-refractivity contribution >= 4 is 137 Å². The van der Waals surface area contributed by atoms with E-state index in [4.69, 9.17) is 109 Å². The number of alkyl halides is 2. The van der Waals surface area contributed by atoms with Crippen LogP contribution in [0.1, 0.15) is 150 Å². The van der Waals surface area contributed by atoms with Crippen LogP contribution in [0.25, 0.3) is 55.3 Å². The summed E-state index contributed by atoms with van der Waals surface area (Å²) < 4.78 is 64.6. The Morgan fingerprint density at radius 3 is 1.79 bits per heavy atom. The molecule has 3 saturated carbocycles. The Kier molecular flexibility index (Phi) is 35.9. The van der Waals surface area contributed by atoms with E-state index in [0.29, 0.717) is 138 Å². The van der Waals surface area contributed by atoms with Crippen LogP contribution in [0.5, 0.6) is 34.5 Å². The SMILES string of the molecule is CCc1ccc2c(-c3cccc(Cl)c3)nc(=O)n(CC)c2n1.COc1ccc(C(=O)Cc2c(Cl)cncc2Cl)c2cc(C(C)=O)oc12.COc1ccc(C2(C#N)CCC(C(=O)O)CC2)cc1OC1CCCC1.COc1ccc2c(Cc3c(Cl)cncc3Cl)nnc(-c3ccccc3)c2c1.O=C(Cc1c(Cl)cncc1Cl)c1ccc(OC(F)F)c(OCC2CC2)c1.[CH3-].[Y]. The van der Waals surface area contributed by atoms with Crippen molar-refractivity contribution in [2.75, 3.05) is 27.9 Å². The van der Waals surface area contributed by atoms with Crippen molar-refractivity contribution in [1.29, 1.82) is 5.26 Å². The van der Waals surface area contributed by atoms with E-state index in [-0.39, 0.29) is 115 Å². The molecule has 0 unspecified atom stereocenters. The average molecular weight is 1940 g/mol. The van der Waals surface area contributed by atoms with Crippen LogP contribution in [0.4, 0.5) is 8.78 Å². The summed E-state index contributed by atoms with van der Waals surface area (Å²) in [7, 11) is 4.76. The van der Waals surface area contributed by atoms with Crippen LogP contribution in [0.3, 0.4) is 0 Å². The zero-order valence-electron chi connectivity index (χ0n) is 70.2. The van der Waals surface area contributed by atoms with Crippen LogP contribution in [0.2, 0.25) is 35.2 Å². The maximum absolute atomic E-state index is 12.8. The van der Waals surface area contributed by atoms with Crippen LogP contribution in [0.15, 0.2) is 186 Å². The van der Waals surface area contributed by atoms with Crippen molar-refractivity contribution < 1.29 is 98.6 Å². The summed E-state index contributed by atoms with van der Waals surface area (Å²) >= 11 is 42.9. The molecule has 0 atom stereocenters. The number of carbonyl (C=O) groups excluding carboxylic acids is 3. The molecule has 657 valence electrons. The number of ketones is 3. The third-order valence-electron chi connectivity index (χ3n) is 21.5. The van der Waals surface area contributed by atoms with E-state index in [9.17, 15) is 43.1 Å². The number of benzene rings is 6. The summed E-state index contributed by atoms with van der Waals surface area (Å²) in [5, 5.41) is 34.2. The van der Waals surface area contributed by atoms with Crippen molar-refractivity contribution in [2.45, 2.75) is 135 Å². The van der Waals surface area contributed by atoms with Gasteiger partial charge in [-0.3, -0.25) is 38.7 Å². The molecule has 0 aliphatic heterocycles. The minimum absolute atomic E-state index is 0. The van der Waals surface area contributed by atoms with Crippen LogP contribution in [-0.2, 0) is 75.1 Å². The molecule has 1 N–H and O–H groups in total. The van der Waals surface area contributed by atoms with E-state index < -0.39 is 18.0 Å². The van der Waals surface area contributed by atoms with E-state index in [1.54, 1.807) is 55.4 Å². The fourth-order valence-electron chi connectivity index (χ4n) is 14.5. The summed E-state index contributed by atoms with van der Waals surface area (Å²) in [5.74, 6) is 1.36. The third kappa shape index (κ3) is 24.8. The summed E-state index contributed by atoms with van der Waals surface area (Å²) in [6.07, 6.45) is 19.1. The number of furan rings is 1. The predicted molar refractivity (Wildman–Crippen MR) is 486 cm³/mol. The first-order chi connectivity index (χ1) is 60.2. The monoisotopic (exact) mass is 1930 g/mol. The molecule has 0 spiro atoms. The predicted octanol–water partition coefficient (Wildman–Crippen LogP) is 23.8. The first-order valence-electron chi connectivity index (χ1n) is 40.0. The Morgan fingerprint density at radius 2 is 1.21 bits per heavy atom. The summed E-state index contributed by atoms with van der Waals surface area (Å²) in [6.45, 7) is 3.32. The minimum Gasteiger partial charge on any atom is -0.497 e. The van der Waals surface area contributed by atoms with Gasteiger partial charge in [0, 0.05) is 168 Å². The number of carbonyl (C=O) groups is 4. The standard InChI is InChI=1S/C21H15Cl2N3O.C20H25NO4.C18H15Cl2F2NO3.C18H13Cl2NO4.C17H16ClN3O.CH3.Y/c1-27-14-7-8-15-16(9-14)21(13-5-3-2-4-6-13)26-25-20(15)10-17-18(22)11-24-12-19(17)23;1-24-17-7-6-15(12-18(17)25-16-4-2-3-5-16)20(13-21)10-8-14(9-11-20)19(22)23;19-13-7-23-8-14(20)12(13)6-15(24)11-3-4-16(26-18(21)22)17(5-11)25-9-10-1-2-10;1-9(22)17-6-11-10(3-4-16(24-2)18(11)25-17)15(23)5-12-13(19)7-21-8-14(12)20;1-3-13-8-9-14-15(11-6-5-7-12(18)10-11)20-17(22)21(4-2)16(14)19-13;;/h2-9,11-12H,10H2,1H3;6-7,12,14,16H,2-5,8-11H2,1H3,(H,22,23);3-5,7-8,10,18H,1-2,6,9H2;3-4,6-8H,5H2,1-2H3;5-10H,3-4H2,1-2H3;1H3;/q;;;;;-1;. The molecular weight excluding hydrogens is 1850 g/mol. The van der Waals surface area contributed by atoms with Gasteiger partial charge in [0.2, 0.25) is 0 Å². The van der Waals surface area contributed by atoms with Crippen molar-refractivity contribution in [3.63, 3.8) is 0 Å². The summed E-state index contributed by atoms with van der Waals surface area (Å²) in [5.41, 5.74) is 8.46. The summed E-state index contributed by atoms with van der Waals surface area (Å²) in [4.78, 5) is 81.1. The molecule has 7 aromatic heterocycles. The number of halogens is 9. The number of methoxy groups -OCH3 is 3. The maximum atomic E-state index is 12.8. The number of nitrogens with zero attached hydrogens (tertiary/aromatic N) is 9. The molecule has 0 bridgehead atoms. The molecule has 7 heterocycles. The molecule has 3 aliphatic rings. The number of aromatic nitrogens is 8. The minimum atomic E-state index is -2.98. The normalized spacial score (nSPS) is 14.5. The van der Waals surface area contributed by atoms with Gasteiger partial charge in [0.05, 0.1) is 93.0 Å². The third-order valence-corrected chi connectivity index (χ3v) is 23.7. The molecule has 1 radical (unpaired) electrons. The van der Waals surface area contributed by atoms with E-state index >= 15 is 0 Å². The topological polar surface area (TPSA) is 293 Å². The number of carboxylic acids is 1. The van der Waals surface area contributed by atoms with Crippen LogP contribution in [-0.4, -0.2) is 109 Å². The number of aryl methyl sites for hydroxylation is 2. The quantitative estimate of drug-likeness (QED) is 0.0411. The Bertz CT molecular complexity index is 6170. The maximum Gasteiger partial charge on any atom is 0.387 e. The van der Waals surface area contributed by atoms with Gasteiger partial charge in [0.15, 0.2) is 57.4 Å². The number of Topliss-reactive ketones (excluding diaryl/α,β-unsaturated/α-hetero) is 3. The molecule has 32 heteroatoms. The van der Waals surface area contributed by atoms with E-state index in [0.717, 1.165) is 93.3 Å². The molecule has 0 amide bonds. The van der Waals surface area contributed by atoms with Crippen LogP contribution in [0, 0.1) is 30.6 Å². The zero-order valence-corrected chi connectivity index (χ0v) is 78.3.